The van der Waals surface area contributed by atoms with Crippen LogP contribution in [0.2, 0.25) is 10.0 Å². The number of nitrogens with zero attached hydrogens (tertiary/aromatic N) is 4. The molecule has 0 atom stereocenters. The first kappa shape index (κ1) is 19.0. The van der Waals surface area contributed by atoms with Crippen molar-refractivity contribution >= 4 is 35.0 Å². The Morgan fingerprint density at radius 1 is 1.04 bits per heavy atom. The highest BCUT2D eigenvalue weighted by Gasteiger charge is 2.31. The summed E-state index contributed by atoms with van der Waals surface area (Å²) in [5.74, 6) is 0.469. The van der Waals surface area contributed by atoms with Crippen LogP contribution in [0.25, 0.3) is 11.4 Å². The first-order valence-corrected chi connectivity index (χ1v) is 9.05. The van der Waals surface area contributed by atoms with Gasteiger partial charge in [0.25, 0.3) is 0 Å². The molecule has 0 saturated carbocycles. The molecule has 2 aromatic heterocycles. The molecule has 10 heteroatoms. The third-order valence-corrected chi connectivity index (χ3v) is 4.97. The van der Waals surface area contributed by atoms with E-state index in [9.17, 15) is 13.2 Å². The lowest BCUT2D eigenvalue weighted by Gasteiger charge is -2.12. The fourth-order valence-electron chi connectivity index (χ4n) is 2.21. The van der Waals surface area contributed by atoms with Crippen molar-refractivity contribution in [3.05, 3.63) is 58.3 Å². The van der Waals surface area contributed by atoms with Crippen molar-refractivity contribution in [2.75, 3.05) is 0 Å². The zero-order valence-corrected chi connectivity index (χ0v) is 15.4. The van der Waals surface area contributed by atoms with Crippen molar-refractivity contribution in [2.24, 2.45) is 0 Å². The first-order chi connectivity index (χ1) is 12.3. The van der Waals surface area contributed by atoms with E-state index in [1.54, 1.807) is 30.3 Å². The fraction of sp³-hybridized carbons (Fsp3) is 0.188. The van der Waals surface area contributed by atoms with Gasteiger partial charge in [-0.2, -0.15) is 13.2 Å². The zero-order valence-electron chi connectivity index (χ0n) is 13.0. The topological polar surface area (TPSA) is 43.6 Å². The molecule has 0 aliphatic heterocycles. The molecular formula is C16H11Cl2F3N4S. The largest absolute Gasteiger partial charge is 0.406 e. The molecule has 3 aromatic rings. The Balaban J connectivity index is 1.90. The van der Waals surface area contributed by atoms with E-state index in [4.69, 9.17) is 23.2 Å². The van der Waals surface area contributed by atoms with Crippen molar-refractivity contribution in [3.63, 3.8) is 0 Å². The van der Waals surface area contributed by atoms with Crippen LogP contribution in [0.5, 0.6) is 0 Å². The molecule has 136 valence electrons. The average Bonchev–Trinajstić information content (AvgIpc) is 2.96. The number of thioether (sulfide) groups is 1. The molecule has 26 heavy (non-hydrogen) atoms. The van der Waals surface area contributed by atoms with E-state index in [1.807, 2.05) is 0 Å². The van der Waals surface area contributed by atoms with Gasteiger partial charge >= 0.3 is 6.18 Å². The summed E-state index contributed by atoms with van der Waals surface area (Å²) in [6.07, 6.45) is -1.43. The van der Waals surface area contributed by atoms with E-state index in [1.165, 1.54) is 12.4 Å². The number of hydrogen-bond acceptors (Lipinski definition) is 4. The van der Waals surface area contributed by atoms with Crippen LogP contribution in [-0.4, -0.2) is 25.9 Å². The SMILES string of the molecule is FC(F)(F)Cn1c(SCc2ccc(Cl)cc2Cl)nnc1-c1ccncc1. The molecule has 0 spiro atoms. The number of rotatable bonds is 5. The van der Waals surface area contributed by atoms with E-state index < -0.39 is 12.7 Å². The number of pyridine rings is 1. The number of aromatic nitrogens is 4. The summed E-state index contributed by atoms with van der Waals surface area (Å²) in [6, 6.07) is 8.16. The van der Waals surface area contributed by atoms with Gasteiger partial charge in [-0.05, 0) is 29.8 Å². The van der Waals surface area contributed by atoms with Crippen LogP contribution in [0.3, 0.4) is 0 Å². The third kappa shape index (κ3) is 4.69. The molecule has 0 N–H and O–H groups in total. The Labute approximate surface area is 161 Å². The lowest BCUT2D eigenvalue weighted by atomic mass is 10.2. The molecule has 2 heterocycles. The van der Waals surface area contributed by atoms with Gasteiger partial charge < -0.3 is 0 Å². The molecule has 0 aliphatic carbocycles. The zero-order chi connectivity index (χ0) is 18.7. The van der Waals surface area contributed by atoms with Gasteiger partial charge in [-0.15, -0.1) is 10.2 Å². The summed E-state index contributed by atoms with van der Waals surface area (Å²) in [6.45, 7) is -1.19. The number of halogens is 5. The van der Waals surface area contributed by atoms with Gasteiger partial charge in [0.2, 0.25) is 0 Å². The predicted octanol–water partition coefficient (Wildman–Crippen LogP) is 5.50. The van der Waals surface area contributed by atoms with Crippen LogP contribution in [0.1, 0.15) is 5.56 Å². The highest BCUT2D eigenvalue weighted by atomic mass is 35.5. The second-order valence-corrected chi connectivity index (χ2v) is 7.05. The van der Waals surface area contributed by atoms with Crippen molar-refractivity contribution in [1.29, 1.82) is 0 Å². The summed E-state index contributed by atoms with van der Waals surface area (Å²) in [5, 5.41) is 8.94. The molecular weight excluding hydrogens is 408 g/mol. The van der Waals surface area contributed by atoms with Gasteiger partial charge in [0, 0.05) is 33.8 Å². The smallest absolute Gasteiger partial charge is 0.293 e. The maximum atomic E-state index is 13.0. The van der Waals surface area contributed by atoms with E-state index in [0.29, 0.717) is 21.4 Å². The molecule has 0 bridgehead atoms. The first-order valence-electron chi connectivity index (χ1n) is 7.30. The van der Waals surface area contributed by atoms with Gasteiger partial charge in [0.1, 0.15) is 6.54 Å². The monoisotopic (exact) mass is 418 g/mol. The minimum atomic E-state index is -4.41. The van der Waals surface area contributed by atoms with Crippen molar-refractivity contribution in [1.82, 2.24) is 19.7 Å². The van der Waals surface area contributed by atoms with Crippen LogP contribution < -0.4 is 0 Å². The van der Waals surface area contributed by atoms with E-state index in [2.05, 4.69) is 15.2 Å². The highest BCUT2D eigenvalue weighted by Crippen LogP contribution is 2.31. The van der Waals surface area contributed by atoms with E-state index in [-0.39, 0.29) is 11.0 Å². The van der Waals surface area contributed by atoms with E-state index >= 15 is 0 Å². The maximum absolute atomic E-state index is 13.0. The Kier molecular flexibility index (Phi) is 5.74. The molecule has 0 radical (unpaired) electrons. The molecule has 0 saturated heterocycles. The van der Waals surface area contributed by atoms with Crippen LogP contribution in [-0.2, 0) is 12.3 Å². The summed E-state index contributed by atoms with van der Waals surface area (Å²) in [7, 11) is 0. The molecule has 3 rings (SSSR count). The Morgan fingerprint density at radius 3 is 2.42 bits per heavy atom. The maximum Gasteiger partial charge on any atom is 0.406 e. The van der Waals surface area contributed by atoms with Crippen LogP contribution in [0, 0.1) is 0 Å². The lowest BCUT2D eigenvalue weighted by Crippen LogP contribution is -2.19. The summed E-state index contributed by atoms with van der Waals surface area (Å²) in [5.41, 5.74) is 1.25. The van der Waals surface area contributed by atoms with Gasteiger partial charge in [0.05, 0.1) is 0 Å². The van der Waals surface area contributed by atoms with Crippen LogP contribution in [0.15, 0.2) is 47.9 Å². The average molecular weight is 419 g/mol. The Morgan fingerprint density at radius 2 is 1.77 bits per heavy atom. The fourth-order valence-corrected chi connectivity index (χ4v) is 3.71. The van der Waals surface area contributed by atoms with Crippen molar-refractivity contribution < 1.29 is 13.2 Å². The minimum Gasteiger partial charge on any atom is -0.293 e. The van der Waals surface area contributed by atoms with Gasteiger partial charge in [-0.1, -0.05) is 41.0 Å². The Bertz CT molecular complexity index is 900. The van der Waals surface area contributed by atoms with Crippen LogP contribution >= 0.6 is 35.0 Å². The number of alkyl halides is 3. The molecule has 0 aliphatic rings. The second-order valence-electron chi connectivity index (χ2n) is 5.27. The predicted molar refractivity (Wildman–Crippen MR) is 95.3 cm³/mol. The Hall–Kier alpha value is -1.77. The van der Waals surface area contributed by atoms with Crippen molar-refractivity contribution in [3.8, 4) is 11.4 Å². The lowest BCUT2D eigenvalue weighted by molar-refractivity contribution is -0.141. The third-order valence-electron chi connectivity index (χ3n) is 3.36. The second kappa shape index (κ2) is 7.85. The minimum absolute atomic E-state index is 0.134. The quantitative estimate of drug-likeness (QED) is 0.513. The summed E-state index contributed by atoms with van der Waals surface area (Å²) in [4.78, 5) is 3.86. The molecule has 0 fully saturated rings. The number of hydrogen-bond donors (Lipinski definition) is 0. The summed E-state index contributed by atoms with van der Waals surface area (Å²) >= 11 is 13.1. The molecule has 4 nitrogen and oxygen atoms in total. The molecule has 0 amide bonds. The normalized spacial score (nSPS) is 11.7. The van der Waals surface area contributed by atoms with Gasteiger partial charge in [0.15, 0.2) is 11.0 Å². The standard InChI is InChI=1S/C16H11Cl2F3N4S/c17-12-2-1-11(13(18)7-12)8-26-15-24-23-14(10-3-5-22-6-4-10)25(15)9-16(19,20)21/h1-7H,8-9H2. The van der Waals surface area contributed by atoms with Crippen LogP contribution in [0.4, 0.5) is 13.2 Å². The van der Waals surface area contributed by atoms with Gasteiger partial charge in [-0.25, -0.2) is 0 Å². The molecule has 1 aromatic carbocycles. The number of benzene rings is 1. The summed E-state index contributed by atoms with van der Waals surface area (Å²) < 4.78 is 40.1. The van der Waals surface area contributed by atoms with Crippen molar-refractivity contribution in [2.45, 2.75) is 23.6 Å². The molecule has 0 unspecified atom stereocenters. The van der Waals surface area contributed by atoms with Gasteiger partial charge in [-0.3, -0.25) is 9.55 Å². The van der Waals surface area contributed by atoms with E-state index in [0.717, 1.165) is 21.9 Å². The highest BCUT2D eigenvalue weighted by molar-refractivity contribution is 7.98.